The van der Waals surface area contributed by atoms with Crippen molar-refractivity contribution in [1.82, 2.24) is 4.90 Å². The van der Waals surface area contributed by atoms with Crippen LogP contribution in [-0.4, -0.2) is 36.5 Å². The van der Waals surface area contributed by atoms with Crippen molar-refractivity contribution in [2.24, 2.45) is 5.73 Å². The summed E-state index contributed by atoms with van der Waals surface area (Å²) in [6.07, 6.45) is 1.36. The second-order valence-corrected chi connectivity index (χ2v) is 6.70. The predicted octanol–water partition coefficient (Wildman–Crippen LogP) is 2.12. The van der Waals surface area contributed by atoms with Crippen LogP contribution in [0.25, 0.3) is 0 Å². The number of ether oxygens (including phenoxy) is 1. The second kappa shape index (κ2) is 6.29. The highest BCUT2D eigenvalue weighted by Crippen LogP contribution is 2.28. The van der Waals surface area contributed by atoms with Gasteiger partial charge in [-0.1, -0.05) is 42.5 Å². The molecule has 2 heterocycles. The maximum atomic E-state index is 12.7. The molecule has 2 aromatic rings. The lowest BCUT2D eigenvalue weighted by molar-refractivity contribution is -0.129. The molecule has 4 nitrogen and oxygen atoms in total. The Balaban J connectivity index is 1.44. The number of amides is 1. The summed E-state index contributed by atoms with van der Waals surface area (Å²) in [4.78, 5) is 14.6. The van der Waals surface area contributed by atoms with Crippen LogP contribution in [0.4, 0.5) is 0 Å². The molecule has 0 unspecified atom stereocenters. The quantitative estimate of drug-likeness (QED) is 0.942. The van der Waals surface area contributed by atoms with Crippen LogP contribution in [0, 0.1) is 0 Å². The van der Waals surface area contributed by atoms with E-state index in [9.17, 15) is 4.79 Å². The molecule has 0 bridgehead atoms. The Morgan fingerprint density at radius 1 is 1.17 bits per heavy atom. The number of nitrogens with two attached hydrogens (primary N) is 1. The molecule has 1 saturated heterocycles. The smallest absolute Gasteiger partial charge is 0.227 e. The Kier molecular flexibility index (Phi) is 3.98. The van der Waals surface area contributed by atoms with Gasteiger partial charge >= 0.3 is 0 Å². The number of carbonyl (C=O) groups excluding carboxylic acids is 1. The van der Waals surface area contributed by atoms with Crippen LogP contribution in [0.1, 0.15) is 22.6 Å². The molecule has 2 atom stereocenters. The third kappa shape index (κ3) is 2.89. The fourth-order valence-electron chi connectivity index (χ4n) is 3.72. The molecular weight excluding hydrogens is 300 g/mol. The van der Waals surface area contributed by atoms with Gasteiger partial charge in [0.1, 0.15) is 5.75 Å². The minimum absolute atomic E-state index is 0.00442. The third-order valence-corrected chi connectivity index (χ3v) is 5.05. The summed E-state index contributed by atoms with van der Waals surface area (Å²) in [5, 5.41) is 0. The molecule has 1 fully saturated rings. The van der Waals surface area contributed by atoms with Gasteiger partial charge in [0.25, 0.3) is 0 Å². The Morgan fingerprint density at radius 2 is 2.00 bits per heavy atom. The van der Waals surface area contributed by atoms with Gasteiger partial charge in [0.2, 0.25) is 5.91 Å². The highest BCUT2D eigenvalue weighted by Gasteiger charge is 2.33. The summed E-state index contributed by atoms with van der Waals surface area (Å²) in [7, 11) is 0. The van der Waals surface area contributed by atoms with E-state index in [-0.39, 0.29) is 17.9 Å². The summed E-state index contributed by atoms with van der Waals surface area (Å²) in [6.45, 7) is 2.08. The van der Waals surface area contributed by atoms with Crippen molar-refractivity contribution < 1.29 is 9.53 Å². The van der Waals surface area contributed by atoms with Crippen LogP contribution >= 0.6 is 0 Å². The number of benzene rings is 2. The summed E-state index contributed by atoms with van der Waals surface area (Å²) >= 11 is 0. The van der Waals surface area contributed by atoms with Gasteiger partial charge in [-0.2, -0.15) is 0 Å². The molecule has 2 aliphatic heterocycles. The van der Waals surface area contributed by atoms with E-state index in [0.717, 1.165) is 24.3 Å². The number of hydrogen-bond donors (Lipinski definition) is 1. The molecule has 2 aromatic carbocycles. The van der Waals surface area contributed by atoms with Gasteiger partial charge in [-0.05, 0) is 22.8 Å². The molecule has 0 aliphatic carbocycles. The summed E-state index contributed by atoms with van der Waals surface area (Å²) in [5.41, 5.74) is 9.78. The monoisotopic (exact) mass is 322 g/mol. The molecule has 2 aliphatic rings. The van der Waals surface area contributed by atoms with Gasteiger partial charge in [0.05, 0.1) is 13.0 Å². The average molecular weight is 322 g/mol. The first-order valence-electron chi connectivity index (χ1n) is 8.53. The Hall–Kier alpha value is -2.33. The Bertz CT molecular complexity index is 745. The van der Waals surface area contributed by atoms with Crippen molar-refractivity contribution in [3.8, 4) is 5.75 Å². The molecule has 1 amide bonds. The third-order valence-electron chi connectivity index (χ3n) is 5.05. The summed E-state index contributed by atoms with van der Waals surface area (Å²) in [5.74, 6) is 1.34. The van der Waals surface area contributed by atoms with Crippen LogP contribution in [0.2, 0.25) is 0 Å². The average Bonchev–Trinajstić information content (AvgIpc) is 3.21. The standard InChI is InChI=1S/C20H22N2O2/c21-18-13-22(12-17(18)15-4-2-1-3-5-15)20(23)11-14-6-7-19-16(10-14)8-9-24-19/h1-7,10,17-18H,8-9,11-13,21H2/t17-,18+/m0/s1. The van der Waals surface area contributed by atoms with Crippen molar-refractivity contribution in [1.29, 1.82) is 0 Å². The Labute approximate surface area is 142 Å². The fraction of sp³-hybridized carbons (Fsp3) is 0.350. The van der Waals surface area contributed by atoms with Crippen molar-refractivity contribution in [2.45, 2.75) is 24.8 Å². The SMILES string of the molecule is N[C@@H]1CN(C(=O)Cc2ccc3c(c2)CCO3)C[C@H]1c1ccccc1. The topological polar surface area (TPSA) is 55.6 Å². The van der Waals surface area contributed by atoms with E-state index in [1.807, 2.05) is 35.2 Å². The second-order valence-electron chi connectivity index (χ2n) is 6.70. The number of nitrogens with zero attached hydrogens (tertiary/aromatic N) is 1. The van der Waals surface area contributed by atoms with Gasteiger partial charge in [-0.15, -0.1) is 0 Å². The van der Waals surface area contributed by atoms with Crippen LogP contribution in [0.3, 0.4) is 0 Å². The number of fused-ring (bicyclic) bond motifs is 1. The first-order valence-corrected chi connectivity index (χ1v) is 8.53. The zero-order valence-electron chi connectivity index (χ0n) is 13.7. The maximum Gasteiger partial charge on any atom is 0.227 e. The van der Waals surface area contributed by atoms with Crippen LogP contribution < -0.4 is 10.5 Å². The lowest BCUT2D eigenvalue weighted by Gasteiger charge is -2.17. The van der Waals surface area contributed by atoms with Crippen molar-refractivity contribution >= 4 is 5.91 Å². The van der Waals surface area contributed by atoms with E-state index < -0.39 is 0 Å². The van der Waals surface area contributed by atoms with Crippen molar-refractivity contribution in [3.63, 3.8) is 0 Å². The molecule has 4 rings (SSSR count). The lowest BCUT2D eigenvalue weighted by Crippen LogP contribution is -2.33. The van der Waals surface area contributed by atoms with Crippen LogP contribution in [0.5, 0.6) is 5.75 Å². The van der Waals surface area contributed by atoms with Crippen LogP contribution in [0.15, 0.2) is 48.5 Å². The molecular formula is C20H22N2O2. The molecule has 24 heavy (non-hydrogen) atoms. The number of hydrogen-bond acceptors (Lipinski definition) is 3. The molecule has 4 heteroatoms. The lowest BCUT2D eigenvalue weighted by atomic mass is 9.95. The summed E-state index contributed by atoms with van der Waals surface area (Å²) in [6, 6.07) is 16.3. The first kappa shape index (κ1) is 15.2. The molecule has 2 N–H and O–H groups in total. The number of likely N-dealkylation sites (tertiary alicyclic amines) is 1. The van der Waals surface area contributed by atoms with E-state index in [0.29, 0.717) is 19.5 Å². The van der Waals surface area contributed by atoms with Gasteiger partial charge in [-0.3, -0.25) is 4.79 Å². The first-order chi connectivity index (χ1) is 11.7. The normalized spacial score (nSPS) is 22.3. The van der Waals surface area contributed by atoms with E-state index in [4.69, 9.17) is 10.5 Å². The maximum absolute atomic E-state index is 12.7. The minimum Gasteiger partial charge on any atom is -0.493 e. The van der Waals surface area contributed by atoms with E-state index in [1.54, 1.807) is 0 Å². The van der Waals surface area contributed by atoms with Crippen molar-refractivity contribution in [3.05, 3.63) is 65.2 Å². The van der Waals surface area contributed by atoms with Gasteiger partial charge in [-0.25, -0.2) is 0 Å². The van der Waals surface area contributed by atoms with E-state index in [1.165, 1.54) is 11.1 Å². The summed E-state index contributed by atoms with van der Waals surface area (Å²) < 4.78 is 5.52. The van der Waals surface area contributed by atoms with Gasteiger partial charge < -0.3 is 15.4 Å². The predicted molar refractivity (Wildman–Crippen MR) is 93.1 cm³/mol. The zero-order chi connectivity index (χ0) is 16.5. The number of rotatable bonds is 3. The van der Waals surface area contributed by atoms with Crippen molar-refractivity contribution in [2.75, 3.05) is 19.7 Å². The van der Waals surface area contributed by atoms with Crippen LogP contribution in [-0.2, 0) is 17.6 Å². The molecule has 0 saturated carbocycles. The highest BCUT2D eigenvalue weighted by atomic mass is 16.5. The number of carbonyl (C=O) groups is 1. The van der Waals surface area contributed by atoms with Gasteiger partial charge in [0, 0.05) is 31.5 Å². The highest BCUT2D eigenvalue weighted by molar-refractivity contribution is 5.79. The van der Waals surface area contributed by atoms with E-state index >= 15 is 0 Å². The minimum atomic E-state index is 0.00442. The fourth-order valence-corrected chi connectivity index (χ4v) is 3.72. The van der Waals surface area contributed by atoms with E-state index in [2.05, 4.69) is 18.2 Å². The molecule has 0 radical (unpaired) electrons. The molecule has 0 spiro atoms. The molecule has 0 aromatic heterocycles. The Morgan fingerprint density at radius 3 is 2.83 bits per heavy atom. The largest absolute Gasteiger partial charge is 0.493 e. The van der Waals surface area contributed by atoms with Gasteiger partial charge in [0.15, 0.2) is 0 Å². The molecule has 124 valence electrons. The zero-order valence-corrected chi connectivity index (χ0v) is 13.7.